The largest absolute Gasteiger partial charge is 0.347 e. The van der Waals surface area contributed by atoms with E-state index in [1.165, 1.54) is 12.4 Å². The van der Waals surface area contributed by atoms with E-state index in [4.69, 9.17) is 11.6 Å². The number of aromatic nitrogens is 3. The van der Waals surface area contributed by atoms with Gasteiger partial charge in [0.2, 0.25) is 0 Å². The van der Waals surface area contributed by atoms with E-state index in [1.807, 2.05) is 37.3 Å². The molecule has 1 amide bonds. The van der Waals surface area contributed by atoms with Crippen LogP contribution >= 0.6 is 11.6 Å². The fraction of sp³-hybridized carbons (Fsp3) is 0.111. The van der Waals surface area contributed by atoms with Crippen molar-refractivity contribution in [3.8, 4) is 0 Å². The van der Waals surface area contributed by atoms with Crippen LogP contribution in [0.1, 0.15) is 21.6 Å². The molecule has 0 atom stereocenters. The number of nitrogens with zero attached hydrogens (tertiary/aromatic N) is 3. The zero-order valence-corrected chi connectivity index (χ0v) is 14.3. The van der Waals surface area contributed by atoms with E-state index in [0.29, 0.717) is 17.4 Å². The first-order valence-corrected chi connectivity index (χ1v) is 8.02. The Balaban J connectivity index is 1.63. The van der Waals surface area contributed by atoms with Crippen LogP contribution in [0.4, 0.5) is 11.5 Å². The Hall–Kier alpha value is -2.99. The second kappa shape index (κ2) is 7.72. The lowest BCUT2D eigenvalue weighted by Gasteiger charge is -2.10. The van der Waals surface area contributed by atoms with Gasteiger partial charge in [-0.05, 0) is 42.3 Å². The van der Waals surface area contributed by atoms with Gasteiger partial charge in [-0.2, -0.15) is 0 Å². The van der Waals surface area contributed by atoms with Gasteiger partial charge in [-0.1, -0.05) is 17.7 Å². The van der Waals surface area contributed by atoms with E-state index in [-0.39, 0.29) is 11.6 Å². The predicted molar refractivity (Wildman–Crippen MR) is 96.9 cm³/mol. The minimum Gasteiger partial charge on any atom is -0.347 e. The van der Waals surface area contributed by atoms with Crippen molar-refractivity contribution in [2.45, 2.75) is 13.5 Å². The molecule has 0 aliphatic rings. The summed E-state index contributed by atoms with van der Waals surface area (Å²) in [6.07, 6.45) is 6.31. The molecule has 3 aromatic rings. The maximum absolute atomic E-state index is 12.1. The molecule has 2 N–H and O–H groups in total. The normalized spacial score (nSPS) is 10.3. The molecule has 0 spiro atoms. The molecule has 2 aromatic heterocycles. The Morgan fingerprint density at radius 3 is 2.64 bits per heavy atom. The highest BCUT2D eigenvalue weighted by atomic mass is 35.5. The number of carbonyl (C=O) groups excluding carboxylic acids is 1. The van der Waals surface area contributed by atoms with Gasteiger partial charge in [-0.25, -0.2) is 9.97 Å². The van der Waals surface area contributed by atoms with Crippen molar-refractivity contribution in [2.24, 2.45) is 0 Å². The topological polar surface area (TPSA) is 79.8 Å². The molecule has 7 heteroatoms. The van der Waals surface area contributed by atoms with E-state index >= 15 is 0 Å². The Morgan fingerprint density at radius 1 is 1.12 bits per heavy atom. The monoisotopic (exact) mass is 353 g/mol. The molecule has 0 saturated carbocycles. The molecule has 0 bridgehead atoms. The Labute approximate surface area is 150 Å². The summed E-state index contributed by atoms with van der Waals surface area (Å²) in [4.78, 5) is 24.4. The number of halogens is 1. The summed E-state index contributed by atoms with van der Waals surface area (Å²) in [7, 11) is 0. The smallest absolute Gasteiger partial charge is 0.271 e. The lowest BCUT2D eigenvalue weighted by molar-refractivity contribution is 0.0945. The van der Waals surface area contributed by atoms with Crippen molar-refractivity contribution in [3.63, 3.8) is 0 Å². The van der Waals surface area contributed by atoms with E-state index in [9.17, 15) is 4.79 Å². The quantitative estimate of drug-likeness (QED) is 0.733. The second-order valence-electron chi connectivity index (χ2n) is 5.36. The van der Waals surface area contributed by atoms with Crippen molar-refractivity contribution in [2.75, 3.05) is 5.32 Å². The molecule has 6 nitrogen and oxygen atoms in total. The van der Waals surface area contributed by atoms with Crippen molar-refractivity contribution < 1.29 is 4.79 Å². The molecule has 0 radical (unpaired) electrons. The summed E-state index contributed by atoms with van der Waals surface area (Å²) in [6.45, 7) is 2.32. The number of benzene rings is 1. The van der Waals surface area contributed by atoms with Gasteiger partial charge < -0.3 is 10.6 Å². The molecule has 0 saturated heterocycles. The maximum Gasteiger partial charge on any atom is 0.271 e. The molecule has 25 heavy (non-hydrogen) atoms. The number of hydrogen-bond donors (Lipinski definition) is 2. The highest BCUT2D eigenvalue weighted by molar-refractivity contribution is 6.31. The molecule has 126 valence electrons. The number of nitrogens with one attached hydrogen (secondary N) is 2. The van der Waals surface area contributed by atoms with Crippen molar-refractivity contribution in [1.82, 2.24) is 20.3 Å². The number of carbonyl (C=O) groups is 1. The van der Waals surface area contributed by atoms with Crippen molar-refractivity contribution in [3.05, 3.63) is 77.0 Å². The number of anilines is 2. The lowest BCUT2D eigenvalue weighted by atomic mass is 10.2. The third-order valence-electron chi connectivity index (χ3n) is 3.62. The lowest BCUT2D eigenvalue weighted by Crippen LogP contribution is -2.24. The summed E-state index contributed by atoms with van der Waals surface area (Å²) in [5.41, 5.74) is 2.98. The zero-order chi connectivity index (χ0) is 17.6. The highest BCUT2D eigenvalue weighted by Gasteiger charge is 2.09. The first-order chi connectivity index (χ1) is 12.1. The van der Waals surface area contributed by atoms with Crippen LogP contribution in [-0.4, -0.2) is 20.9 Å². The van der Waals surface area contributed by atoms with Crippen molar-refractivity contribution in [1.29, 1.82) is 0 Å². The third kappa shape index (κ3) is 4.30. The van der Waals surface area contributed by atoms with Gasteiger partial charge in [-0.3, -0.25) is 9.78 Å². The van der Waals surface area contributed by atoms with Crippen LogP contribution in [0.3, 0.4) is 0 Å². The summed E-state index contributed by atoms with van der Waals surface area (Å²) in [5, 5.41) is 6.61. The number of rotatable bonds is 5. The Kier molecular flexibility index (Phi) is 5.20. The van der Waals surface area contributed by atoms with Crippen LogP contribution in [0, 0.1) is 6.92 Å². The van der Waals surface area contributed by atoms with Crippen molar-refractivity contribution >= 4 is 29.0 Å². The van der Waals surface area contributed by atoms with Gasteiger partial charge in [0.15, 0.2) is 0 Å². The SMILES string of the molecule is Cc1c(Cl)cccc1Nc1cnc(C(=O)NCc2ccncc2)cn1. The predicted octanol–water partition coefficient (Wildman–Crippen LogP) is 3.51. The minimum absolute atomic E-state index is 0.252. The molecule has 1 aromatic carbocycles. The standard InChI is InChI=1S/C18H16ClN5O/c1-12-14(19)3-2-4-15(12)24-17-11-21-16(10-22-17)18(25)23-9-13-5-7-20-8-6-13/h2-8,10-11H,9H2,1H3,(H,22,24)(H,23,25). The molecule has 0 aliphatic heterocycles. The summed E-state index contributed by atoms with van der Waals surface area (Å²) >= 11 is 6.10. The fourth-order valence-electron chi connectivity index (χ4n) is 2.16. The van der Waals surface area contributed by atoms with Crippen LogP contribution in [0.2, 0.25) is 5.02 Å². The number of amides is 1. The number of hydrogen-bond acceptors (Lipinski definition) is 5. The van der Waals surface area contributed by atoms with Crippen LogP contribution in [0.25, 0.3) is 0 Å². The first kappa shape index (κ1) is 16.9. The van der Waals surface area contributed by atoms with E-state index < -0.39 is 0 Å². The zero-order valence-electron chi connectivity index (χ0n) is 13.5. The first-order valence-electron chi connectivity index (χ1n) is 7.65. The third-order valence-corrected chi connectivity index (χ3v) is 4.03. The Morgan fingerprint density at radius 2 is 1.92 bits per heavy atom. The molecule has 0 fully saturated rings. The molecule has 0 aliphatic carbocycles. The highest BCUT2D eigenvalue weighted by Crippen LogP contribution is 2.25. The molecule has 2 heterocycles. The Bertz CT molecular complexity index is 868. The summed E-state index contributed by atoms with van der Waals surface area (Å²) < 4.78 is 0. The average molecular weight is 354 g/mol. The van der Waals surface area contributed by atoms with Gasteiger partial charge in [0.05, 0.1) is 12.4 Å². The second-order valence-corrected chi connectivity index (χ2v) is 5.77. The fourth-order valence-corrected chi connectivity index (χ4v) is 2.34. The van der Waals surface area contributed by atoms with E-state index in [2.05, 4.69) is 25.6 Å². The molecule has 3 rings (SSSR count). The van der Waals surface area contributed by atoms with Gasteiger partial charge in [0, 0.05) is 29.6 Å². The van der Waals surface area contributed by atoms with Crippen LogP contribution < -0.4 is 10.6 Å². The summed E-state index contributed by atoms with van der Waals surface area (Å²) in [6, 6.07) is 9.26. The van der Waals surface area contributed by atoms with Gasteiger partial charge in [0.25, 0.3) is 5.91 Å². The molecular formula is C18H16ClN5O. The van der Waals surface area contributed by atoms with Crippen LogP contribution in [0.15, 0.2) is 55.1 Å². The van der Waals surface area contributed by atoms with Gasteiger partial charge in [-0.15, -0.1) is 0 Å². The number of pyridine rings is 1. The maximum atomic E-state index is 12.1. The van der Waals surface area contributed by atoms with Gasteiger partial charge >= 0.3 is 0 Å². The van der Waals surface area contributed by atoms with Gasteiger partial charge in [0.1, 0.15) is 11.5 Å². The van der Waals surface area contributed by atoms with Crippen LogP contribution in [0.5, 0.6) is 0 Å². The summed E-state index contributed by atoms with van der Waals surface area (Å²) in [5.74, 6) is 0.255. The molecular weight excluding hydrogens is 338 g/mol. The van der Waals surface area contributed by atoms with E-state index in [1.54, 1.807) is 12.4 Å². The average Bonchev–Trinajstić information content (AvgIpc) is 2.65. The van der Waals surface area contributed by atoms with Crippen LogP contribution in [-0.2, 0) is 6.54 Å². The minimum atomic E-state index is -0.283. The van der Waals surface area contributed by atoms with E-state index in [0.717, 1.165) is 16.8 Å². The molecule has 0 unspecified atom stereocenters.